The lowest BCUT2D eigenvalue weighted by molar-refractivity contribution is -0.123. The van der Waals surface area contributed by atoms with Crippen molar-refractivity contribution in [1.82, 2.24) is 4.90 Å². The summed E-state index contributed by atoms with van der Waals surface area (Å²) in [6.07, 6.45) is 1.47. The molecule has 1 aliphatic heterocycles. The summed E-state index contributed by atoms with van der Waals surface area (Å²) >= 11 is 12.9. The molecule has 3 aromatic rings. The van der Waals surface area contributed by atoms with Gasteiger partial charge in [-0.25, -0.2) is 0 Å². The van der Waals surface area contributed by atoms with Gasteiger partial charge in [-0.2, -0.15) is 8.42 Å². The summed E-state index contributed by atoms with van der Waals surface area (Å²) in [4.78, 5) is 26.4. The third kappa shape index (κ3) is 6.40. The smallest absolute Gasteiger partial charge is 0.339 e. The first-order chi connectivity index (χ1) is 17.7. The van der Waals surface area contributed by atoms with Crippen molar-refractivity contribution in [3.8, 4) is 17.2 Å². The molecule has 0 aromatic heterocycles. The molecule has 4 rings (SSSR count). The molecule has 0 unspecified atom stereocenters. The summed E-state index contributed by atoms with van der Waals surface area (Å²) < 4.78 is 41.5. The topological polar surface area (TPSA) is 99.2 Å². The molecular weight excluding hydrogens is 561 g/mol. The number of benzene rings is 3. The van der Waals surface area contributed by atoms with E-state index in [4.69, 9.17) is 36.9 Å². The van der Waals surface area contributed by atoms with Gasteiger partial charge in [-0.15, -0.1) is 0 Å². The van der Waals surface area contributed by atoms with Crippen LogP contribution >= 0.6 is 35.0 Å². The molecular formula is C25H19Cl2NO7S2. The number of rotatable bonds is 9. The molecule has 0 radical (unpaired) electrons. The second kappa shape index (κ2) is 11.5. The van der Waals surface area contributed by atoms with Gasteiger partial charge in [0, 0.05) is 5.02 Å². The fraction of sp³-hybridized carbons (Fsp3) is 0.120. The maximum Gasteiger partial charge on any atom is 0.339 e. The molecule has 8 nitrogen and oxygen atoms in total. The van der Waals surface area contributed by atoms with Crippen molar-refractivity contribution >= 4 is 62.3 Å². The van der Waals surface area contributed by atoms with E-state index in [1.807, 2.05) is 18.2 Å². The van der Waals surface area contributed by atoms with E-state index >= 15 is 0 Å². The van der Waals surface area contributed by atoms with Crippen molar-refractivity contribution in [2.24, 2.45) is 0 Å². The van der Waals surface area contributed by atoms with Gasteiger partial charge >= 0.3 is 10.1 Å². The molecule has 1 saturated heterocycles. The van der Waals surface area contributed by atoms with Gasteiger partial charge in [0.05, 0.1) is 23.6 Å². The summed E-state index contributed by atoms with van der Waals surface area (Å²) in [6, 6.07) is 17.3. The van der Waals surface area contributed by atoms with E-state index in [-0.39, 0.29) is 39.5 Å². The van der Waals surface area contributed by atoms with Crippen LogP contribution in [0.25, 0.3) is 6.08 Å². The van der Waals surface area contributed by atoms with Gasteiger partial charge in [-0.3, -0.25) is 14.5 Å². The second-order valence-corrected chi connectivity index (χ2v) is 10.9. The van der Waals surface area contributed by atoms with Crippen LogP contribution in [0, 0.1) is 0 Å². The quantitative estimate of drug-likeness (QED) is 0.229. The van der Waals surface area contributed by atoms with E-state index in [0.29, 0.717) is 16.3 Å². The number of ether oxygens (including phenoxy) is 2. The molecule has 0 saturated carbocycles. The normalized spacial score (nSPS) is 14.8. The molecule has 0 atom stereocenters. The fourth-order valence-corrected chi connectivity index (χ4v) is 5.53. The molecule has 0 aliphatic carbocycles. The number of para-hydroxylation sites is 1. The van der Waals surface area contributed by atoms with Gasteiger partial charge < -0.3 is 13.7 Å². The lowest BCUT2D eigenvalue weighted by Gasteiger charge is -2.14. The second-order valence-electron chi connectivity index (χ2n) is 7.52. The van der Waals surface area contributed by atoms with Crippen molar-refractivity contribution in [1.29, 1.82) is 0 Å². The molecule has 37 heavy (non-hydrogen) atoms. The predicted molar refractivity (Wildman–Crippen MR) is 142 cm³/mol. The Morgan fingerprint density at radius 1 is 1.00 bits per heavy atom. The van der Waals surface area contributed by atoms with Crippen molar-refractivity contribution in [2.45, 2.75) is 4.90 Å². The minimum atomic E-state index is -4.23. The van der Waals surface area contributed by atoms with Crippen LogP contribution in [0.5, 0.6) is 17.2 Å². The highest BCUT2D eigenvalue weighted by Crippen LogP contribution is 2.40. The van der Waals surface area contributed by atoms with Crippen LogP contribution in [-0.4, -0.2) is 44.7 Å². The van der Waals surface area contributed by atoms with Gasteiger partial charge in [0.25, 0.3) is 11.1 Å². The fourth-order valence-electron chi connectivity index (χ4n) is 3.28. The Bertz CT molecular complexity index is 1460. The zero-order valence-electron chi connectivity index (χ0n) is 19.2. The number of amides is 2. The summed E-state index contributed by atoms with van der Waals surface area (Å²) in [6.45, 7) is 0.222. The number of thioether (sulfide) groups is 1. The van der Waals surface area contributed by atoms with Crippen molar-refractivity contribution in [3.05, 3.63) is 87.2 Å². The van der Waals surface area contributed by atoms with Crippen molar-refractivity contribution in [2.75, 3.05) is 20.3 Å². The number of halogens is 2. The first-order valence-corrected chi connectivity index (χ1v) is 13.7. The summed E-state index contributed by atoms with van der Waals surface area (Å²) in [7, 11) is -2.92. The van der Waals surface area contributed by atoms with E-state index in [1.54, 1.807) is 12.1 Å². The summed E-state index contributed by atoms with van der Waals surface area (Å²) in [5.41, 5.74) is 0.407. The standard InChI is InChI=1S/C25H19Cl2NO7S2/c1-33-21-14-16(13-20(27)23(21)35-37(31,32)19-9-7-17(26)8-10-19)15-22-24(29)28(25(30)36-22)11-12-34-18-5-3-2-4-6-18/h2-10,13-15H,11-12H2,1H3/b22-15-. The van der Waals surface area contributed by atoms with E-state index in [0.717, 1.165) is 16.7 Å². The molecule has 1 heterocycles. The Labute approximate surface area is 227 Å². The number of nitrogens with zero attached hydrogens (tertiary/aromatic N) is 1. The maximum atomic E-state index is 12.8. The van der Waals surface area contributed by atoms with Gasteiger partial charge in [0.2, 0.25) is 5.75 Å². The zero-order chi connectivity index (χ0) is 26.6. The van der Waals surface area contributed by atoms with Crippen LogP contribution in [0.15, 0.2) is 76.5 Å². The number of hydrogen-bond donors (Lipinski definition) is 0. The SMILES string of the molecule is COc1cc(/C=C2\SC(=O)N(CCOc3ccccc3)C2=O)cc(Cl)c1OS(=O)(=O)c1ccc(Cl)cc1. The van der Waals surface area contributed by atoms with Crippen LogP contribution < -0.4 is 13.7 Å². The average Bonchev–Trinajstić information content (AvgIpc) is 3.13. The van der Waals surface area contributed by atoms with Gasteiger partial charge in [0.1, 0.15) is 17.3 Å². The summed E-state index contributed by atoms with van der Waals surface area (Å²) in [5, 5.41) is -0.134. The lowest BCUT2D eigenvalue weighted by Crippen LogP contribution is -2.32. The molecule has 1 fully saturated rings. The number of carbonyl (C=O) groups excluding carboxylic acids is 2. The van der Waals surface area contributed by atoms with Crippen LogP contribution in [0.3, 0.4) is 0 Å². The Kier molecular flexibility index (Phi) is 8.33. The molecule has 0 N–H and O–H groups in total. The minimum Gasteiger partial charge on any atom is -0.493 e. The van der Waals surface area contributed by atoms with Gasteiger partial charge in [-0.1, -0.05) is 41.4 Å². The molecule has 2 amide bonds. The molecule has 192 valence electrons. The highest BCUT2D eigenvalue weighted by molar-refractivity contribution is 8.18. The van der Waals surface area contributed by atoms with E-state index in [2.05, 4.69) is 0 Å². The highest BCUT2D eigenvalue weighted by atomic mass is 35.5. The predicted octanol–water partition coefficient (Wildman–Crippen LogP) is 5.89. The third-order valence-electron chi connectivity index (χ3n) is 5.05. The largest absolute Gasteiger partial charge is 0.493 e. The van der Waals surface area contributed by atoms with E-state index in [9.17, 15) is 18.0 Å². The maximum absolute atomic E-state index is 12.8. The lowest BCUT2D eigenvalue weighted by atomic mass is 10.2. The minimum absolute atomic E-state index is 0.0202. The third-order valence-corrected chi connectivity index (χ3v) is 7.72. The summed E-state index contributed by atoms with van der Waals surface area (Å²) in [5.74, 6) is -0.0475. The van der Waals surface area contributed by atoms with E-state index < -0.39 is 21.3 Å². The van der Waals surface area contributed by atoms with Crippen molar-refractivity contribution < 1.29 is 31.7 Å². The Morgan fingerprint density at radius 2 is 1.70 bits per heavy atom. The average molecular weight is 580 g/mol. The van der Waals surface area contributed by atoms with E-state index in [1.165, 1.54) is 49.6 Å². The number of imide groups is 1. The van der Waals surface area contributed by atoms with Crippen LogP contribution in [0.4, 0.5) is 4.79 Å². The van der Waals surface area contributed by atoms with Crippen LogP contribution in [0.1, 0.15) is 5.56 Å². The van der Waals surface area contributed by atoms with Crippen LogP contribution in [0.2, 0.25) is 10.0 Å². The number of hydrogen-bond acceptors (Lipinski definition) is 8. The Balaban J connectivity index is 1.51. The number of carbonyl (C=O) groups is 2. The molecule has 3 aromatic carbocycles. The monoisotopic (exact) mass is 579 g/mol. The number of methoxy groups -OCH3 is 1. The molecule has 0 spiro atoms. The first-order valence-electron chi connectivity index (χ1n) is 10.7. The first kappa shape index (κ1) is 26.9. The van der Waals surface area contributed by atoms with Gasteiger partial charge in [0.15, 0.2) is 5.75 Å². The molecule has 12 heteroatoms. The van der Waals surface area contributed by atoms with Crippen LogP contribution in [-0.2, 0) is 14.9 Å². The molecule has 0 bridgehead atoms. The Hall–Kier alpha value is -3.18. The molecule has 1 aliphatic rings. The Morgan fingerprint density at radius 3 is 2.38 bits per heavy atom. The van der Waals surface area contributed by atoms with Gasteiger partial charge in [-0.05, 0) is 71.9 Å². The zero-order valence-corrected chi connectivity index (χ0v) is 22.4. The van der Waals surface area contributed by atoms with Crippen molar-refractivity contribution in [3.63, 3.8) is 0 Å². The highest BCUT2D eigenvalue weighted by Gasteiger charge is 2.35.